The second-order valence-corrected chi connectivity index (χ2v) is 9.14. The standard InChI is InChI=1S/C10H18.C8H16.C8H14.H2/c1-5-7-9(3)10(4)8-6-2;2*1-7-5-3-4-6-8(7)2;/h5-6,9-10H,1-2,7-8H2,3-4H3;7-8H,3-6H2,1-2H3;3-4,7-8H,5-6H2,1-2H3;1H. The Balaban J connectivity index is 0. The molecule has 26 heavy (non-hydrogen) atoms. The fourth-order valence-corrected chi connectivity index (χ4v) is 3.58. The second kappa shape index (κ2) is 15.3. The predicted molar refractivity (Wildman–Crippen MR) is 124 cm³/mol. The number of rotatable bonds is 5. The van der Waals surface area contributed by atoms with Crippen molar-refractivity contribution in [3.8, 4) is 0 Å². The maximum Gasteiger partial charge on any atom is 0 e. The van der Waals surface area contributed by atoms with Crippen molar-refractivity contribution in [1.82, 2.24) is 0 Å². The van der Waals surface area contributed by atoms with Crippen molar-refractivity contribution in [1.29, 1.82) is 0 Å². The van der Waals surface area contributed by atoms with E-state index in [9.17, 15) is 0 Å². The third-order valence-corrected chi connectivity index (χ3v) is 6.74. The molecule has 2 aliphatic carbocycles. The van der Waals surface area contributed by atoms with Crippen molar-refractivity contribution in [3.05, 3.63) is 37.5 Å². The van der Waals surface area contributed by atoms with Crippen LogP contribution in [0.4, 0.5) is 0 Å². The summed E-state index contributed by atoms with van der Waals surface area (Å²) < 4.78 is 0. The lowest BCUT2D eigenvalue weighted by Crippen LogP contribution is -2.12. The molecule has 0 radical (unpaired) electrons. The molecule has 0 aromatic heterocycles. The molecule has 0 heterocycles. The van der Waals surface area contributed by atoms with Gasteiger partial charge < -0.3 is 0 Å². The van der Waals surface area contributed by atoms with Gasteiger partial charge in [-0.1, -0.05) is 91.5 Å². The third-order valence-electron chi connectivity index (χ3n) is 6.74. The molecule has 0 amide bonds. The summed E-state index contributed by atoms with van der Waals surface area (Å²) in [5.74, 6) is 5.33. The van der Waals surface area contributed by atoms with Gasteiger partial charge in [0.1, 0.15) is 0 Å². The van der Waals surface area contributed by atoms with Crippen LogP contribution in [0.2, 0.25) is 0 Å². The molecule has 0 N–H and O–H groups in total. The minimum atomic E-state index is 0. The summed E-state index contributed by atoms with van der Waals surface area (Å²) in [6.45, 7) is 21.4. The Labute approximate surface area is 167 Å². The normalized spacial score (nSPS) is 29.9. The van der Waals surface area contributed by atoms with E-state index < -0.39 is 0 Å². The van der Waals surface area contributed by atoms with Crippen LogP contribution in [0.1, 0.15) is 94.3 Å². The number of hydrogen-bond acceptors (Lipinski definition) is 0. The van der Waals surface area contributed by atoms with Crippen LogP contribution in [-0.4, -0.2) is 0 Å². The van der Waals surface area contributed by atoms with Crippen LogP contribution in [0.15, 0.2) is 37.5 Å². The molecular formula is C26H50. The van der Waals surface area contributed by atoms with E-state index in [4.69, 9.17) is 0 Å². The molecule has 154 valence electrons. The first-order valence-electron chi connectivity index (χ1n) is 11.2. The lowest BCUT2D eigenvalue weighted by atomic mass is 9.82. The van der Waals surface area contributed by atoms with Crippen molar-refractivity contribution >= 4 is 0 Å². The van der Waals surface area contributed by atoms with Crippen molar-refractivity contribution in [3.63, 3.8) is 0 Å². The quantitative estimate of drug-likeness (QED) is 0.428. The molecule has 0 saturated heterocycles. The van der Waals surface area contributed by atoms with Gasteiger partial charge in [-0.05, 0) is 61.2 Å². The Morgan fingerprint density at radius 3 is 1.35 bits per heavy atom. The Kier molecular flexibility index (Phi) is 14.8. The van der Waals surface area contributed by atoms with Gasteiger partial charge in [-0.3, -0.25) is 0 Å². The Bertz CT molecular complexity index is 348. The van der Waals surface area contributed by atoms with E-state index in [-0.39, 0.29) is 1.43 Å². The fraction of sp³-hybridized carbons (Fsp3) is 0.769. The van der Waals surface area contributed by atoms with Gasteiger partial charge in [0.05, 0.1) is 0 Å². The van der Waals surface area contributed by atoms with Gasteiger partial charge in [0.25, 0.3) is 0 Å². The number of hydrogen-bond donors (Lipinski definition) is 0. The minimum Gasteiger partial charge on any atom is -0.103 e. The van der Waals surface area contributed by atoms with Crippen molar-refractivity contribution in [2.45, 2.75) is 92.9 Å². The summed E-state index contributed by atoms with van der Waals surface area (Å²) in [4.78, 5) is 0. The highest BCUT2D eigenvalue weighted by Gasteiger charge is 2.15. The SMILES string of the molecule is C=CCC(C)C(C)CC=C.CC1CC=CCC1C.CC1CCCCC1C.[HH]. The number of allylic oxidation sites excluding steroid dienone is 4. The molecule has 0 heteroatoms. The zero-order valence-electron chi connectivity index (χ0n) is 18.8. The molecule has 6 atom stereocenters. The first kappa shape index (κ1) is 25.2. The maximum absolute atomic E-state index is 3.72. The summed E-state index contributed by atoms with van der Waals surface area (Å²) in [5, 5.41) is 0. The maximum atomic E-state index is 3.72. The summed E-state index contributed by atoms with van der Waals surface area (Å²) in [6.07, 6.45) is 19.3. The highest BCUT2D eigenvalue weighted by molar-refractivity contribution is 4.91. The molecule has 2 rings (SSSR count). The van der Waals surface area contributed by atoms with E-state index in [0.29, 0.717) is 0 Å². The van der Waals surface area contributed by atoms with Gasteiger partial charge in [0.2, 0.25) is 0 Å². The summed E-state index contributed by atoms with van der Waals surface area (Å²) >= 11 is 0. The molecule has 0 aromatic rings. The highest BCUT2D eigenvalue weighted by Crippen LogP contribution is 2.28. The lowest BCUT2D eigenvalue weighted by Gasteiger charge is -2.24. The fourth-order valence-electron chi connectivity index (χ4n) is 3.58. The molecule has 0 spiro atoms. The highest BCUT2D eigenvalue weighted by atomic mass is 14.2. The van der Waals surface area contributed by atoms with Crippen LogP contribution in [0.3, 0.4) is 0 Å². The van der Waals surface area contributed by atoms with Crippen LogP contribution in [0, 0.1) is 35.5 Å². The molecular weight excluding hydrogens is 312 g/mol. The molecule has 0 aromatic carbocycles. The van der Waals surface area contributed by atoms with E-state index >= 15 is 0 Å². The van der Waals surface area contributed by atoms with Crippen LogP contribution in [0.5, 0.6) is 0 Å². The second-order valence-electron chi connectivity index (χ2n) is 9.14. The molecule has 2 aliphatic rings. The Morgan fingerprint density at radius 1 is 0.769 bits per heavy atom. The monoisotopic (exact) mass is 362 g/mol. The Hall–Kier alpha value is -0.780. The van der Waals surface area contributed by atoms with E-state index in [1.165, 1.54) is 38.5 Å². The van der Waals surface area contributed by atoms with E-state index in [2.05, 4.69) is 66.9 Å². The zero-order chi connectivity index (χ0) is 19.9. The predicted octanol–water partition coefficient (Wildman–Crippen LogP) is 9.10. The lowest BCUT2D eigenvalue weighted by molar-refractivity contribution is 0.277. The first-order chi connectivity index (χ1) is 12.3. The molecule has 0 nitrogen and oxygen atoms in total. The largest absolute Gasteiger partial charge is 0.103 e. The Morgan fingerprint density at radius 2 is 1.12 bits per heavy atom. The van der Waals surface area contributed by atoms with Crippen LogP contribution >= 0.6 is 0 Å². The van der Waals surface area contributed by atoms with Crippen LogP contribution < -0.4 is 0 Å². The van der Waals surface area contributed by atoms with Gasteiger partial charge in [-0.2, -0.15) is 0 Å². The molecule has 0 bridgehead atoms. The van der Waals surface area contributed by atoms with Gasteiger partial charge in [0.15, 0.2) is 0 Å². The van der Waals surface area contributed by atoms with E-state index in [1.54, 1.807) is 0 Å². The zero-order valence-corrected chi connectivity index (χ0v) is 18.8. The minimum absolute atomic E-state index is 0. The average molecular weight is 363 g/mol. The molecule has 6 unspecified atom stereocenters. The van der Waals surface area contributed by atoms with Gasteiger partial charge >= 0.3 is 0 Å². The molecule has 1 fully saturated rings. The summed E-state index contributed by atoms with van der Waals surface area (Å²) in [6, 6.07) is 0. The van der Waals surface area contributed by atoms with Gasteiger partial charge in [0, 0.05) is 1.43 Å². The van der Waals surface area contributed by atoms with Gasteiger partial charge in [-0.25, -0.2) is 0 Å². The molecule has 0 aliphatic heterocycles. The van der Waals surface area contributed by atoms with E-state index in [1.807, 2.05) is 12.2 Å². The summed E-state index contributed by atoms with van der Waals surface area (Å²) in [7, 11) is 0. The average Bonchev–Trinajstić information content (AvgIpc) is 2.62. The van der Waals surface area contributed by atoms with Crippen molar-refractivity contribution in [2.24, 2.45) is 35.5 Å². The van der Waals surface area contributed by atoms with Crippen LogP contribution in [-0.2, 0) is 0 Å². The first-order valence-corrected chi connectivity index (χ1v) is 11.2. The topological polar surface area (TPSA) is 0 Å². The molecule has 1 saturated carbocycles. The van der Waals surface area contributed by atoms with Crippen molar-refractivity contribution < 1.29 is 1.43 Å². The summed E-state index contributed by atoms with van der Waals surface area (Å²) in [5.41, 5.74) is 0. The van der Waals surface area contributed by atoms with Gasteiger partial charge in [-0.15, -0.1) is 13.2 Å². The van der Waals surface area contributed by atoms with Crippen LogP contribution in [0.25, 0.3) is 0 Å². The smallest absolute Gasteiger partial charge is 0 e. The van der Waals surface area contributed by atoms with E-state index in [0.717, 1.165) is 48.3 Å². The van der Waals surface area contributed by atoms with Crippen molar-refractivity contribution in [2.75, 3.05) is 0 Å². The third kappa shape index (κ3) is 11.8.